The zero-order valence-corrected chi connectivity index (χ0v) is 15.8. The summed E-state index contributed by atoms with van der Waals surface area (Å²) in [5.41, 5.74) is 7.40. The van der Waals surface area contributed by atoms with Crippen molar-refractivity contribution in [3.63, 3.8) is 0 Å². The van der Waals surface area contributed by atoms with E-state index >= 15 is 0 Å². The van der Waals surface area contributed by atoms with Crippen molar-refractivity contribution in [3.05, 3.63) is 83.4 Å². The molecule has 134 valence electrons. The minimum absolute atomic E-state index is 0.658. The lowest BCUT2D eigenvalue weighted by atomic mass is 10.1. The zero-order valence-electron chi connectivity index (χ0n) is 15.8. The Kier molecular flexibility index (Phi) is 4.51. The molecule has 0 bridgehead atoms. The van der Waals surface area contributed by atoms with E-state index in [-0.39, 0.29) is 0 Å². The van der Waals surface area contributed by atoms with E-state index in [1.54, 1.807) is 0 Å². The first kappa shape index (κ1) is 17.1. The molecule has 0 aliphatic rings. The van der Waals surface area contributed by atoms with Gasteiger partial charge in [0, 0.05) is 25.3 Å². The normalized spacial score (nSPS) is 11.4. The van der Waals surface area contributed by atoms with Crippen LogP contribution in [0.5, 0.6) is 0 Å². The molecular weight excluding hydrogens is 332 g/mol. The molecule has 0 saturated carbocycles. The van der Waals surface area contributed by atoms with Crippen molar-refractivity contribution in [3.8, 4) is 11.5 Å². The van der Waals surface area contributed by atoms with Gasteiger partial charge in [-0.25, -0.2) is 4.98 Å². The van der Waals surface area contributed by atoms with Crippen LogP contribution in [0, 0.1) is 6.92 Å². The Balaban J connectivity index is 1.52. The maximum absolute atomic E-state index is 5.88. The number of oxazole rings is 1. The fourth-order valence-corrected chi connectivity index (χ4v) is 2.97. The predicted molar refractivity (Wildman–Crippen MR) is 114 cm³/mol. The van der Waals surface area contributed by atoms with Crippen molar-refractivity contribution in [2.75, 3.05) is 19.0 Å². The van der Waals surface area contributed by atoms with Gasteiger partial charge in [0.25, 0.3) is 0 Å². The van der Waals surface area contributed by atoms with Crippen molar-refractivity contribution in [1.82, 2.24) is 4.98 Å². The summed E-state index contributed by atoms with van der Waals surface area (Å²) in [5.74, 6) is 0.658. The van der Waals surface area contributed by atoms with Gasteiger partial charge in [-0.3, -0.25) is 0 Å². The van der Waals surface area contributed by atoms with Crippen LogP contribution in [0.2, 0.25) is 0 Å². The molecule has 0 amide bonds. The van der Waals surface area contributed by atoms with E-state index < -0.39 is 0 Å². The number of aromatic nitrogens is 1. The molecule has 0 radical (unpaired) electrons. The first-order valence-electron chi connectivity index (χ1n) is 9.01. The van der Waals surface area contributed by atoms with Crippen LogP contribution in [-0.2, 0) is 0 Å². The van der Waals surface area contributed by atoms with Crippen LogP contribution in [0.15, 0.2) is 71.1 Å². The van der Waals surface area contributed by atoms with Gasteiger partial charge in [-0.05, 0) is 60.0 Å². The van der Waals surface area contributed by atoms with Gasteiger partial charge < -0.3 is 9.32 Å². The molecule has 0 aliphatic heterocycles. The van der Waals surface area contributed by atoms with Crippen molar-refractivity contribution in [2.45, 2.75) is 6.92 Å². The van der Waals surface area contributed by atoms with E-state index in [1.807, 2.05) is 44.4 Å². The summed E-state index contributed by atoms with van der Waals surface area (Å²) in [7, 11) is 4.09. The van der Waals surface area contributed by atoms with Gasteiger partial charge in [0.1, 0.15) is 5.52 Å². The Labute approximate surface area is 159 Å². The van der Waals surface area contributed by atoms with Crippen LogP contribution >= 0.6 is 0 Å². The minimum atomic E-state index is 0.658. The first-order chi connectivity index (χ1) is 13.1. The van der Waals surface area contributed by atoms with Gasteiger partial charge in [0.15, 0.2) is 5.58 Å². The molecule has 4 aromatic rings. The molecule has 0 unspecified atom stereocenters. The third kappa shape index (κ3) is 3.77. The Morgan fingerprint density at radius 2 is 1.44 bits per heavy atom. The highest BCUT2D eigenvalue weighted by molar-refractivity contribution is 5.77. The van der Waals surface area contributed by atoms with Crippen molar-refractivity contribution >= 4 is 28.9 Å². The highest BCUT2D eigenvalue weighted by Gasteiger charge is 2.07. The van der Waals surface area contributed by atoms with Gasteiger partial charge in [-0.2, -0.15) is 0 Å². The fraction of sp³-hybridized carbons (Fsp3) is 0.125. The number of aryl methyl sites for hydroxylation is 1. The average Bonchev–Trinajstić information content (AvgIpc) is 3.10. The maximum atomic E-state index is 5.88. The molecule has 1 aromatic heterocycles. The van der Waals surface area contributed by atoms with Crippen LogP contribution in [0.25, 0.3) is 34.7 Å². The van der Waals surface area contributed by atoms with E-state index in [0.29, 0.717) is 5.89 Å². The summed E-state index contributed by atoms with van der Waals surface area (Å²) in [6.07, 6.45) is 4.24. The summed E-state index contributed by atoms with van der Waals surface area (Å²) < 4.78 is 5.88. The number of benzene rings is 3. The van der Waals surface area contributed by atoms with E-state index in [4.69, 9.17) is 4.42 Å². The van der Waals surface area contributed by atoms with Crippen LogP contribution in [-0.4, -0.2) is 19.1 Å². The predicted octanol–water partition coefficient (Wildman–Crippen LogP) is 6.04. The largest absolute Gasteiger partial charge is 0.436 e. The highest BCUT2D eigenvalue weighted by atomic mass is 16.3. The van der Waals surface area contributed by atoms with Crippen LogP contribution in [0.4, 0.5) is 5.69 Å². The molecule has 4 rings (SSSR count). The van der Waals surface area contributed by atoms with Crippen molar-refractivity contribution in [1.29, 1.82) is 0 Å². The first-order valence-corrected chi connectivity index (χ1v) is 9.01. The Morgan fingerprint density at radius 3 is 2.07 bits per heavy atom. The number of fused-ring (bicyclic) bond motifs is 1. The van der Waals surface area contributed by atoms with Crippen LogP contribution in [0.3, 0.4) is 0 Å². The highest BCUT2D eigenvalue weighted by Crippen LogP contribution is 2.25. The molecule has 0 saturated heterocycles. The van der Waals surface area contributed by atoms with E-state index in [0.717, 1.165) is 22.2 Å². The Morgan fingerprint density at radius 1 is 0.815 bits per heavy atom. The van der Waals surface area contributed by atoms with E-state index in [1.165, 1.54) is 16.8 Å². The molecule has 0 atom stereocenters. The van der Waals surface area contributed by atoms with E-state index in [9.17, 15) is 0 Å². The number of nitrogens with zero attached hydrogens (tertiary/aromatic N) is 2. The fourth-order valence-electron chi connectivity index (χ4n) is 2.97. The SMILES string of the molecule is Cc1ccc2oc(-c3ccc(/C=C/c4ccc(N(C)C)cc4)cc3)nc2c1. The molecular formula is C24H22N2O. The lowest BCUT2D eigenvalue weighted by molar-refractivity contribution is 0.620. The summed E-state index contributed by atoms with van der Waals surface area (Å²) in [5, 5.41) is 0. The number of rotatable bonds is 4. The molecule has 3 heteroatoms. The third-order valence-electron chi connectivity index (χ3n) is 4.58. The molecule has 0 fully saturated rings. The Bertz CT molecular complexity index is 1090. The smallest absolute Gasteiger partial charge is 0.227 e. The summed E-state index contributed by atoms with van der Waals surface area (Å²) in [4.78, 5) is 6.70. The lowest BCUT2D eigenvalue weighted by Gasteiger charge is -2.11. The minimum Gasteiger partial charge on any atom is -0.436 e. The van der Waals surface area contributed by atoms with Crippen molar-refractivity contribution < 1.29 is 4.42 Å². The van der Waals surface area contributed by atoms with Gasteiger partial charge in [-0.15, -0.1) is 0 Å². The van der Waals surface area contributed by atoms with Crippen LogP contribution < -0.4 is 4.90 Å². The standard InChI is InChI=1S/C24H22N2O/c1-17-4-15-23-22(16-17)25-24(27-23)20-11-7-18(8-12-20)5-6-19-9-13-21(14-10-19)26(2)3/h4-16H,1-3H3/b6-5+. The van der Waals surface area contributed by atoms with Gasteiger partial charge in [-0.1, -0.05) is 42.5 Å². The molecule has 1 heterocycles. The van der Waals surface area contributed by atoms with E-state index in [2.05, 4.69) is 65.4 Å². The van der Waals surface area contributed by atoms with Crippen molar-refractivity contribution in [2.24, 2.45) is 0 Å². The van der Waals surface area contributed by atoms with Gasteiger partial charge >= 0.3 is 0 Å². The Hall–Kier alpha value is -3.33. The number of hydrogen-bond acceptors (Lipinski definition) is 3. The molecule has 3 aromatic carbocycles. The topological polar surface area (TPSA) is 29.3 Å². The monoisotopic (exact) mass is 354 g/mol. The van der Waals surface area contributed by atoms with Gasteiger partial charge in [0.2, 0.25) is 5.89 Å². The second kappa shape index (κ2) is 7.12. The summed E-state index contributed by atoms with van der Waals surface area (Å²) in [6.45, 7) is 2.06. The summed E-state index contributed by atoms with van der Waals surface area (Å²) >= 11 is 0. The number of hydrogen-bond donors (Lipinski definition) is 0. The molecule has 0 aliphatic carbocycles. The van der Waals surface area contributed by atoms with Gasteiger partial charge in [0.05, 0.1) is 0 Å². The second-order valence-corrected chi connectivity index (χ2v) is 6.93. The zero-order chi connectivity index (χ0) is 18.8. The maximum Gasteiger partial charge on any atom is 0.227 e. The second-order valence-electron chi connectivity index (χ2n) is 6.93. The average molecular weight is 354 g/mol. The molecule has 0 spiro atoms. The molecule has 0 N–H and O–H groups in total. The van der Waals surface area contributed by atoms with Crippen LogP contribution in [0.1, 0.15) is 16.7 Å². The third-order valence-corrected chi connectivity index (χ3v) is 4.58. The quantitative estimate of drug-likeness (QED) is 0.418. The molecule has 27 heavy (non-hydrogen) atoms. The molecule has 3 nitrogen and oxygen atoms in total. The summed E-state index contributed by atoms with van der Waals surface area (Å²) in [6, 6.07) is 22.8. The lowest BCUT2D eigenvalue weighted by Crippen LogP contribution is -2.07. The number of anilines is 1.